The summed E-state index contributed by atoms with van der Waals surface area (Å²) >= 11 is 0. The SMILES string of the molecule is NC1CC(P)C1. The van der Waals surface area contributed by atoms with Crippen molar-refractivity contribution in [2.75, 3.05) is 0 Å². The molecule has 0 aromatic carbocycles. The molecule has 36 valence electrons. The molecule has 0 aromatic heterocycles. The van der Waals surface area contributed by atoms with Crippen LogP contribution in [0.3, 0.4) is 0 Å². The van der Waals surface area contributed by atoms with Crippen LogP contribution in [0.25, 0.3) is 0 Å². The summed E-state index contributed by atoms with van der Waals surface area (Å²) in [6, 6.07) is 0.521. The fourth-order valence-electron chi connectivity index (χ4n) is 0.709. The Hall–Kier alpha value is 0.390. The Bertz CT molecular complexity index is 43.5. The molecular weight excluding hydrogens is 93.0 g/mol. The second kappa shape index (κ2) is 1.48. The lowest BCUT2D eigenvalue weighted by Gasteiger charge is -2.28. The van der Waals surface area contributed by atoms with E-state index in [4.69, 9.17) is 5.73 Å². The molecule has 0 aromatic rings. The predicted octanol–water partition coefficient (Wildman–Crippen LogP) is 0.351. The minimum Gasteiger partial charge on any atom is -0.328 e. The van der Waals surface area contributed by atoms with E-state index in [-0.39, 0.29) is 0 Å². The van der Waals surface area contributed by atoms with E-state index in [1.54, 1.807) is 0 Å². The van der Waals surface area contributed by atoms with Crippen LogP contribution in [0.15, 0.2) is 0 Å². The first-order chi connectivity index (χ1) is 2.79. The van der Waals surface area contributed by atoms with E-state index in [9.17, 15) is 0 Å². The van der Waals surface area contributed by atoms with Gasteiger partial charge in [-0.15, -0.1) is 9.24 Å². The van der Waals surface area contributed by atoms with E-state index in [2.05, 4.69) is 9.24 Å². The van der Waals surface area contributed by atoms with E-state index < -0.39 is 0 Å². The molecule has 0 bridgehead atoms. The monoisotopic (exact) mass is 103 g/mol. The van der Waals surface area contributed by atoms with Crippen LogP contribution >= 0.6 is 9.24 Å². The highest BCUT2D eigenvalue weighted by Gasteiger charge is 2.20. The molecule has 0 spiro atoms. The van der Waals surface area contributed by atoms with Crippen LogP contribution in [0.5, 0.6) is 0 Å². The second-order valence-corrected chi connectivity index (χ2v) is 2.93. The molecule has 1 unspecified atom stereocenters. The average molecular weight is 103 g/mol. The van der Waals surface area contributed by atoms with Crippen molar-refractivity contribution >= 4 is 9.24 Å². The minimum absolute atomic E-state index is 0.521. The highest BCUT2D eigenvalue weighted by molar-refractivity contribution is 7.17. The molecule has 2 heteroatoms. The maximum Gasteiger partial charge on any atom is 0.00505 e. The van der Waals surface area contributed by atoms with Crippen molar-refractivity contribution in [2.24, 2.45) is 5.73 Å². The average Bonchev–Trinajstić information content (AvgIpc) is 1.33. The summed E-state index contributed by atoms with van der Waals surface area (Å²) in [4.78, 5) is 0. The summed E-state index contributed by atoms with van der Waals surface area (Å²) in [6.45, 7) is 0. The molecule has 0 radical (unpaired) electrons. The first-order valence-electron chi connectivity index (χ1n) is 2.30. The number of hydrogen-bond donors (Lipinski definition) is 1. The minimum atomic E-state index is 0.521. The van der Waals surface area contributed by atoms with Gasteiger partial charge in [0, 0.05) is 6.04 Å². The van der Waals surface area contributed by atoms with Gasteiger partial charge in [0.25, 0.3) is 0 Å². The summed E-state index contributed by atoms with van der Waals surface area (Å²) in [5.74, 6) is 0. The van der Waals surface area contributed by atoms with Gasteiger partial charge in [0.2, 0.25) is 0 Å². The molecule has 1 atom stereocenters. The van der Waals surface area contributed by atoms with Crippen LogP contribution in [-0.2, 0) is 0 Å². The van der Waals surface area contributed by atoms with Crippen molar-refractivity contribution in [3.8, 4) is 0 Å². The van der Waals surface area contributed by atoms with Crippen LogP contribution in [0.4, 0.5) is 0 Å². The highest BCUT2D eigenvalue weighted by atomic mass is 31.0. The molecule has 1 aliphatic rings. The maximum atomic E-state index is 5.46. The number of rotatable bonds is 0. The summed E-state index contributed by atoms with van der Waals surface area (Å²) in [6.07, 6.45) is 2.43. The lowest BCUT2D eigenvalue weighted by Crippen LogP contribution is -2.36. The zero-order valence-electron chi connectivity index (χ0n) is 3.72. The highest BCUT2D eigenvalue weighted by Crippen LogP contribution is 2.24. The Morgan fingerprint density at radius 1 is 1.50 bits per heavy atom. The summed E-state index contributed by atoms with van der Waals surface area (Å²) < 4.78 is 0. The Labute approximate surface area is 40.5 Å². The van der Waals surface area contributed by atoms with Gasteiger partial charge in [0.15, 0.2) is 0 Å². The smallest absolute Gasteiger partial charge is 0.00505 e. The largest absolute Gasteiger partial charge is 0.328 e. The second-order valence-electron chi connectivity index (χ2n) is 1.99. The van der Waals surface area contributed by atoms with Crippen molar-refractivity contribution in [3.05, 3.63) is 0 Å². The fraction of sp³-hybridized carbons (Fsp3) is 1.00. The van der Waals surface area contributed by atoms with Gasteiger partial charge < -0.3 is 5.73 Å². The molecule has 1 aliphatic carbocycles. The molecule has 0 amide bonds. The van der Waals surface area contributed by atoms with E-state index in [0.717, 1.165) is 5.66 Å². The van der Waals surface area contributed by atoms with Crippen molar-refractivity contribution < 1.29 is 0 Å². The lowest BCUT2D eigenvalue weighted by molar-refractivity contribution is 0.432. The molecule has 2 N–H and O–H groups in total. The van der Waals surface area contributed by atoms with E-state index in [1.807, 2.05) is 0 Å². The zero-order valence-corrected chi connectivity index (χ0v) is 4.88. The molecule has 1 fully saturated rings. The molecule has 1 nitrogen and oxygen atoms in total. The first kappa shape index (κ1) is 4.55. The molecule has 0 heterocycles. The van der Waals surface area contributed by atoms with E-state index in [1.165, 1.54) is 12.8 Å². The van der Waals surface area contributed by atoms with E-state index in [0.29, 0.717) is 6.04 Å². The van der Waals surface area contributed by atoms with Gasteiger partial charge >= 0.3 is 0 Å². The van der Waals surface area contributed by atoms with Gasteiger partial charge in [-0.25, -0.2) is 0 Å². The molecular formula is C4H10NP. The summed E-state index contributed by atoms with van der Waals surface area (Å²) in [5, 5.41) is 0. The Balaban J connectivity index is 2.11. The van der Waals surface area contributed by atoms with Gasteiger partial charge in [-0.3, -0.25) is 0 Å². The van der Waals surface area contributed by atoms with Crippen LogP contribution in [0.1, 0.15) is 12.8 Å². The fourth-order valence-corrected chi connectivity index (χ4v) is 1.41. The first-order valence-corrected chi connectivity index (χ1v) is 2.97. The number of nitrogens with two attached hydrogens (primary N) is 1. The van der Waals surface area contributed by atoms with Crippen LogP contribution in [0.2, 0.25) is 0 Å². The number of hydrogen-bond acceptors (Lipinski definition) is 1. The van der Waals surface area contributed by atoms with Gasteiger partial charge in [0.1, 0.15) is 0 Å². The topological polar surface area (TPSA) is 26.0 Å². The van der Waals surface area contributed by atoms with Crippen LogP contribution < -0.4 is 5.73 Å². The van der Waals surface area contributed by atoms with Crippen molar-refractivity contribution in [3.63, 3.8) is 0 Å². The summed E-state index contributed by atoms with van der Waals surface area (Å²) in [7, 11) is 2.76. The van der Waals surface area contributed by atoms with E-state index >= 15 is 0 Å². The Kier molecular flexibility index (Phi) is 1.12. The normalized spacial score (nSPS) is 45.0. The summed E-state index contributed by atoms with van der Waals surface area (Å²) in [5.41, 5.74) is 6.29. The van der Waals surface area contributed by atoms with Crippen LogP contribution in [-0.4, -0.2) is 11.7 Å². The molecule has 0 aliphatic heterocycles. The maximum absolute atomic E-state index is 5.46. The third-order valence-electron chi connectivity index (χ3n) is 1.21. The third kappa shape index (κ3) is 0.717. The van der Waals surface area contributed by atoms with Crippen molar-refractivity contribution in [2.45, 2.75) is 24.5 Å². The lowest BCUT2D eigenvalue weighted by atomic mass is 9.93. The molecule has 1 rings (SSSR count). The molecule has 6 heavy (non-hydrogen) atoms. The van der Waals surface area contributed by atoms with Gasteiger partial charge in [-0.2, -0.15) is 0 Å². The molecule has 0 saturated heterocycles. The van der Waals surface area contributed by atoms with Crippen molar-refractivity contribution in [1.82, 2.24) is 0 Å². The Morgan fingerprint density at radius 3 is 2.00 bits per heavy atom. The van der Waals surface area contributed by atoms with Gasteiger partial charge in [-0.05, 0) is 18.5 Å². The van der Waals surface area contributed by atoms with Crippen LogP contribution in [0, 0.1) is 0 Å². The quantitative estimate of drug-likeness (QED) is 0.440. The zero-order chi connectivity index (χ0) is 4.57. The Morgan fingerprint density at radius 2 is 2.00 bits per heavy atom. The standard InChI is InChI=1S/C4H10NP/c5-3-1-4(6)2-3/h3-4H,1-2,5-6H2. The van der Waals surface area contributed by atoms with Gasteiger partial charge in [-0.1, -0.05) is 0 Å². The predicted molar refractivity (Wildman–Crippen MR) is 30.7 cm³/mol. The van der Waals surface area contributed by atoms with Crippen molar-refractivity contribution in [1.29, 1.82) is 0 Å². The van der Waals surface area contributed by atoms with Gasteiger partial charge in [0.05, 0.1) is 0 Å². The molecule has 1 saturated carbocycles. The third-order valence-corrected chi connectivity index (χ3v) is 1.76.